The summed E-state index contributed by atoms with van der Waals surface area (Å²) < 4.78 is 7.91. The maximum atomic E-state index is 6.15. The van der Waals surface area contributed by atoms with E-state index in [4.69, 9.17) is 27.6 Å². The van der Waals surface area contributed by atoms with Crippen molar-refractivity contribution in [3.05, 3.63) is 52.7 Å². The average molecular weight is 295 g/mol. The molecule has 0 aliphatic rings. The maximum absolute atomic E-state index is 6.15. The molecule has 2 aromatic heterocycles. The smallest absolute Gasteiger partial charge is 0.153 e. The van der Waals surface area contributed by atoms with Gasteiger partial charge in [0.25, 0.3) is 0 Å². The summed E-state index contributed by atoms with van der Waals surface area (Å²) in [7, 11) is 0. The van der Waals surface area contributed by atoms with Crippen LogP contribution in [0.2, 0.25) is 10.0 Å². The van der Waals surface area contributed by atoms with Crippen LogP contribution in [-0.2, 0) is 0 Å². The van der Waals surface area contributed by atoms with Gasteiger partial charge in [0, 0.05) is 22.8 Å². The van der Waals surface area contributed by atoms with Crippen molar-refractivity contribution in [2.45, 2.75) is 19.4 Å². The number of halogens is 2. The van der Waals surface area contributed by atoms with E-state index in [2.05, 4.69) is 11.9 Å². The molecule has 0 fully saturated rings. The number of rotatable bonds is 3. The number of imidazole rings is 1. The molecule has 1 atom stereocenters. The van der Waals surface area contributed by atoms with Crippen LogP contribution in [0.5, 0.6) is 0 Å². The number of hydrogen-bond acceptors (Lipinski definition) is 2. The summed E-state index contributed by atoms with van der Waals surface area (Å²) in [6, 6.07) is 5.65. The Morgan fingerprint density at radius 3 is 2.84 bits per heavy atom. The van der Waals surface area contributed by atoms with Gasteiger partial charge in [0.2, 0.25) is 0 Å². The Morgan fingerprint density at radius 1 is 1.32 bits per heavy atom. The lowest BCUT2D eigenvalue weighted by Crippen LogP contribution is -2.06. The number of aromatic nitrogens is 2. The second-order valence-corrected chi connectivity index (χ2v) is 5.23. The third-order valence-electron chi connectivity index (χ3n) is 3.15. The van der Waals surface area contributed by atoms with Crippen LogP contribution < -0.4 is 0 Å². The molecule has 3 nitrogen and oxygen atoms in total. The number of nitrogens with zero attached hydrogens (tertiary/aromatic N) is 2. The maximum Gasteiger partial charge on any atom is 0.153 e. The molecule has 0 aliphatic carbocycles. The summed E-state index contributed by atoms with van der Waals surface area (Å²) in [6.07, 6.45) is 6.38. The molecule has 5 heteroatoms. The van der Waals surface area contributed by atoms with E-state index >= 15 is 0 Å². The van der Waals surface area contributed by atoms with Gasteiger partial charge in [-0.2, -0.15) is 0 Å². The third-order valence-corrected chi connectivity index (χ3v) is 3.65. The molecule has 19 heavy (non-hydrogen) atoms. The normalized spacial score (nSPS) is 13.0. The second kappa shape index (κ2) is 4.91. The molecule has 0 radical (unpaired) electrons. The van der Waals surface area contributed by atoms with Crippen molar-refractivity contribution in [3.8, 4) is 0 Å². The largest absolute Gasteiger partial charge is 0.457 e. The van der Waals surface area contributed by atoms with Crippen LogP contribution in [0.15, 0.2) is 41.3 Å². The molecule has 0 saturated carbocycles. The second-order valence-electron chi connectivity index (χ2n) is 4.39. The summed E-state index contributed by atoms with van der Waals surface area (Å²) in [4.78, 5) is 4.08. The first kappa shape index (κ1) is 12.6. The van der Waals surface area contributed by atoms with E-state index in [0.717, 1.165) is 17.6 Å². The number of hydrogen-bond donors (Lipinski definition) is 0. The fourth-order valence-corrected chi connectivity index (χ4v) is 2.82. The molecule has 2 heterocycles. The highest BCUT2D eigenvalue weighted by molar-refractivity contribution is 6.38. The zero-order valence-corrected chi connectivity index (χ0v) is 11.8. The third kappa shape index (κ3) is 2.24. The standard InChI is InChI=1S/C14H12Cl2N2O/c1-2-12(18-4-3-17-8-18)13-6-9-5-10(15)7-11(16)14(9)19-13/h3-8,12H,2H2,1H3. The molecular weight excluding hydrogens is 283 g/mol. The van der Waals surface area contributed by atoms with Gasteiger partial charge in [-0.3, -0.25) is 0 Å². The Labute approximate surface area is 120 Å². The van der Waals surface area contributed by atoms with Gasteiger partial charge in [0.05, 0.1) is 17.4 Å². The van der Waals surface area contributed by atoms with Crippen molar-refractivity contribution >= 4 is 34.2 Å². The monoisotopic (exact) mass is 294 g/mol. The van der Waals surface area contributed by atoms with Crippen molar-refractivity contribution in [3.63, 3.8) is 0 Å². The van der Waals surface area contributed by atoms with Gasteiger partial charge in [-0.05, 0) is 24.6 Å². The minimum absolute atomic E-state index is 0.116. The van der Waals surface area contributed by atoms with Crippen LogP contribution in [0.4, 0.5) is 0 Å². The van der Waals surface area contributed by atoms with Crippen LogP contribution in [0.1, 0.15) is 25.1 Å². The fourth-order valence-electron chi connectivity index (χ4n) is 2.27. The number of fused-ring (bicyclic) bond motifs is 1. The lowest BCUT2D eigenvalue weighted by Gasteiger charge is -2.13. The highest BCUT2D eigenvalue weighted by Gasteiger charge is 2.17. The average Bonchev–Trinajstić information content (AvgIpc) is 2.99. The van der Waals surface area contributed by atoms with Crippen LogP contribution in [0.3, 0.4) is 0 Å². The van der Waals surface area contributed by atoms with Crippen molar-refractivity contribution < 1.29 is 4.42 Å². The van der Waals surface area contributed by atoms with E-state index in [1.54, 1.807) is 18.6 Å². The van der Waals surface area contributed by atoms with E-state index in [9.17, 15) is 0 Å². The van der Waals surface area contributed by atoms with E-state index in [0.29, 0.717) is 15.6 Å². The van der Waals surface area contributed by atoms with E-state index in [-0.39, 0.29) is 6.04 Å². The Morgan fingerprint density at radius 2 is 2.16 bits per heavy atom. The minimum atomic E-state index is 0.116. The Hall–Kier alpha value is -1.45. The Balaban J connectivity index is 2.12. The molecule has 0 spiro atoms. The Kier molecular flexibility index (Phi) is 3.25. The van der Waals surface area contributed by atoms with Crippen molar-refractivity contribution in [1.29, 1.82) is 0 Å². The fraction of sp³-hybridized carbons (Fsp3) is 0.214. The van der Waals surface area contributed by atoms with Crippen LogP contribution >= 0.6 is 23.2 Å². The molecule has 1 aromatic carbocycles. The van der Waals surface area contributed by atoms with Crippen LogP contribution in [-0.4, -0.2) is 9.55 Å². The minimum Gasteiger partial charge on any atom is -0.457 e. The summed E-state index contributed by atoms with van der Waals surface area (Å²) in [5.41, 5.74) is 0.680. The zero-order chi connectivity index (χ0) is 13.4. The lowest BCUT2D eigenvalue weighted by molar-refractivity contribution is 0.439. The molecule has 0 saturated heterocycles. The quantitative estimate of drug-likeness (QED) is 0.685. The molecule has 3 rings (SSSR count). The molecule has 1 unspecified atom stereocenters. The lowest BCUT2D eigenvalue weighted by atomic mass is 10.1. The van der Waals surface area contributed by atoms with Crippen LogP contribution in [0.25, 0.3) is 11.0 Å². The zero-order valence-electron chi connectivity index (χ0n) is 10.3. The van der Waals surface area contributed by atoms with Crippen molar-refractivity contribution in [2.24, 2.45) is 0 Å². The van der Waals surface area contributed by atoms with Crippen molar-refractivity contribution in [1.82, 2.24) is 9.55 Å². The first-order chi connectivity index (χ1) is 9.19. The van der Waals surface area contributed by atoms with E-state index in [1.165, 1.54) is 0 Å². The molecule has 98 valence electrons. The first-order valence-corrected chi connectivity index (χ1v) is 6.80. The van der Waals surface area contributed by atoms with Gasteiger partial charge in [-0.25, -0.2) is 4.98 Å². The molecule has 0 N–H and O–H groups in total. The van der Waals surface area contributed by atoms with Gasteiger partial charge in [0.15, 0.2) is 5.58 Å². The molecular formula is C14H12Cl2N2O. The van der Waals surface area contributed by atoms with Crippen LogP contribution in [0, 0.1) is 0 Å². The SMILES string of the molecule is CCC(c1cc2cc(Cl)cc(Cl)c2o1)n1ccnc1. The van der Waals surface area contributed by atoms with Gasteiger partial charge in [-0.15, -0.1) is 0 Å². The highest BCUT2D eigenvalue weighted by Crippen LogP contribution is 2.34. The van der Waals surface area contributed by atoms with E-state index < -0.39 is 0 Å². The predicted octanol–water partition coefficient (Wildman–Crippen LogP) is 4.94. The first-order valence-electron chi connectivity index (χ1n) is 6.05. The molecule has 0 amide bonds. The highest BCUT2D eigenvalue weighted by atomic mass is 35.5. The molecule has 0 bridgehead atoms. The summed E-state index contributed by atoms with van der Waals surface area (Å²) >= 11 is 12.2. The van der Waals surface area contributed by atoms with Gasteiger partial charge in [-0.1, -0.05) is 30.1 Å². The summed E-state index contributed by atoms with van der Waals surface area (Å²) in [5, 5.41) is 2.07. The number of benzene rings is 1. The van der Waals surface area contributed by atoms with Gasteiger partial charge in [0.1, 0.15) is 5.76 Å². The topological polar surface area (TPSA) is 31.0 Å². The molecule has 0 aliphatic heterocycles. The Bertz CT molecular complexity index is 704. The summed E-state index contributed by atoms with van der Waals surface area (Å²) in [6.45, 7) is 2.10. The summed E-state index contributed by atoms with van der Waals surface area (Å²) in [5.74, 6) is 0.861. The van der Waals surface area contributed by atoms with Gasteiger partial charge < -0.3 is 8.98 Å². The predicted molar refractivity (Wildman–Crippen MR) is 76.9 cm³/mol. The number of furan rings is 1. The molecule has 3 aromatic rings. The van der Waals surface area contributed by atoms with Crippen molar-refractivity contribution in [2.75, 3.05) is 0 Å². The van der Waals surface area contributed by atoms with Gasteiger partial charge >= 0.3 is 0 Å². The van der Waals surface area contributed by atoms with E-state index in [1.807, 2.05) is 22.9 Å².